The van der Waals surface area contributed by atoms with Crippen molar-refractivity contribution in [3.05, 3.63) is 45.9 Å². The predicted octanol–water partition coefficient (Wildman–Crippen LogP) is 3.70. The van der Waals surface area contributed by atoms with Gasteiger partial charge in [-0.1, -0.05) is 6.07 Å². The van der Waals surface area contributed by atoms with Crippen molar-refractivity contribution in [1.82, 2.24) is 9.97 Å². The van der Waals surface area contributed by atoms with Crippen molar-refractivity contribution in [3.63, 3.8) is 0 Å². The van der Waals surface area contributed by atoms with Gasteiger partial charge in [-0.05, 0) is 43.8 Å². The van der Waals surface area contributed by atoms with Crippen LogP contribution < -0.4 is 0 Å². The molecule has 0 atom stereocenters. The lowest BCUT2D eigenvalue weighted by Crippen LogP contribution is -1.96. The minimum atomic E-state index is -0.891. The number of halogens is 2. The first kappa shape index (κ1) is 11.9. The molecular weight excluding hydrogens is 242 g/mol. The molecule has 1 N–H and O–H groups in total. The van der Waals surface area contributed by atoms with Gasteiger partial charge in [0.05, 0.1) is 5.69 Å². The van der Waals surface area contributed by atoms with Crippen molar-refractivity contribution in [3.8, 4) is 11.3 Å². The van der Waals surface area contributed by atoms with Gasteiger partial charge in [-0.25, -0.2) is 13.8 Å². The van der Waals surface area contributed by atoms with Crippen LogP contribution in [0.4, 0.5) is 8.78 Å². The first-order chi connectivity index (χ1) is 7.99. The number of nitrogens with one attached hydrogen (secondary N) is 1. The number of H-pyrrole nitrogens is 1. The summed E-state index contributed by atoms with van der Waals surface area (Å²) >= 11 is 4.91. The van der Waals surface area contributed by atoms with Crippen molar-refractivity contribution < 1.29 is 8.78 Å². The van der Waals surface area contributed by atoms with E-state index < -0.39 is 11.6 Å². The quantitative estimate of drug-likeness (QED) is 0.784. The Bertz CT molecular complexity index is 635. The predicted molar refractivity (Wildman–Crippen MR) is 64.2 cm³/mol. The van der Waals surface area contributed by atoms with Crippen molar-refractivity contribution in [2.24, 2.45) is 0 Å². The van der Waals surface area contributed by atoms with Crippen LogP contribution in [0.2, 0.25) is 0 Å². The second-order valence-electron chi connectivity index (χ2n) is 3.81. The van der Waals surface area contributed by atoms with Gasteiger partial charge in [-0.15, -0.1) is 0 Å². The molecule has 1 aromatic carbocycles. The van der Waals surface area contributed by atoms with Crippen molar-refractivity contribution >= 4 is 12.2 Å². The van der Waals surface area contributed by atoms with Gasteiger partial charge in [0.15, 0.2) is 16.4 Å². The van der Waals surface area contributed by atoms with Gasteiger partial charge in [-0.3, -0.25) is 0 Å². The number of hydrogen-bond donors (Lipinski definition) is 1. The third kappa shape index (κ3) is 2.24. The standard InChI is InChI=1S/C12H10F2N2S/c1-6-3-4-8(11(14)10(6)13)9-5-7(2)15-12(17)16-9/h3-5H,1-2H3,(H,15,16,17). The van der Waals surface area contributed by atoms with Crippen LogP contribution in [0.15, 0.2) is 18.2 Å². The lowest BCUT2D eigenvalue weighted by Gasteiger charge is -2.06. The van der Waals surface area contributed by atoms with Crippen LogP contribution in [0.3, 0.4) is 0 Å². The zero-order valence-corrected chi connectivity index (χ0v) is 10.2. The van der Waals surface area contributed by atoms with Gasteiger partial charge in [0.1, 0.15) is 0 Å². The van der Waals surface area contributed by atoms with E-state index >= 15 is 0 Å². The molecule has 0 saturated heterocycles. The summed E-state index contributed by atoms with van der Waals surface area (Å²) in [7, 11) is 0. The molecule has 0 unspecified atom stereocenters. The Hall–Kier alpha value is -1.62. The number of aromatic nitrogens is 2. The fourth-order valence-corrected chi connectivity index (χ4v) is 1.82. The number of rotatable bonds is 1. The molecule has 0 fully saturated rings. The van der Waals surface area contributed by atoms with E-state index in [1.54, 1.807) is 13.0 Å². The zero-order chi connectivity index (χ0) is 12.6. The molecule has 5 heteroatoms. The normalized spacial score (nSPS) is 10.6. The maximum atomic E-state index is 13.8. The highest BCUT2D eigenvalue weighted by Crippen LogP contribution is 2.24. The highest BCUT2D eigenvalue weighted by Gasteiger charge is 2.13. The Morgan fingerprint density at radius 3 is 2.53 bits per heavy atom. The van der Waals surface area contributed by atoms with E-state index in [0.717, 1.165) is 5.69 Å². The molecule has 1 heterocycles. The highest BCUT2D eigenvalue weighted by molar-refractivity contribution is 7.71. The van der Waals surface area contributed by atoms with Crippen molar-refractivity contribution in [1.29, 1.82) is 0 Å². The first-order valence-corrected chi connectivity index (χ1v) is 5.43. The maximum absolute atomic E-state index is 13.8. The van der Waals surface area contributed by atoms with Crippen LogP contribution in [0, 0.1) is 30.3 Å². The third-order valence-electron chi connectivity index (χ3n) is 2.43. The fraction of sp³-hybridized carbons (Fsp3) is 0.167. The summed E-state index contributed by atoms with van der Waals surface area (Å²) in [6, 6.07) is 4.65. The van der Waals surface area contributed by atoms with E-state index in [-0.39, 0.29) is 15.9 Å². The summed E-state index contributed by atoms with van der Waals surface area (Å²) in [5.41, 5.74) is 1.48. The molecule has 2 aromatic rings. The summed E-state index contributed by atoms with van der Waals surface area (Å²) < 4.78 is 27.4. The average Bonchev–Trinajstić information content (AvgIpc) is 2.24. The second-order valence-corrected chi connectivity index (χ2v) is 4.20. The smallest absolute Gasteiger partial charge is 0.197 e. The molecular formula is C12H10F2N2S. The molecule has 0 radical (unpaired) electrons. The molecule has 0 bridgehead atoms. The minimum Gasteiger partial charge on any atom is -0.335 e. The monoisotopic (exact) mass is 252 g/mol. The Labute approximate surface area is 102 Å². The third-order valence-corrected chi connectivity index (χ3v) is 2.62. The van der Waals surface area contributed by atoms with Gasteiger partial charge >= 0.3 is 0 Å². The molecule has 0 amide bonds. The van der Waals surface area contributed by atoms with Gasteiger partial charge < -0.3 is 4.98 Å². The van der Waals surface area contributed by atoms with Crippen LogP contribution in [-0.4, -0.2) is 9.97 Å². The van der Waals surface area contributed by atoms with Crippen LogP contribution in [-0.2, 0) is 0 Å². The second kappa shape index (κ2) is 4.33. The zero-order valence-electron chi connectivity index (χ0n) is 9.34. The Morgan fingerprint density at radius 1 is 1.18 bits per heavy atom. The lowest BCUT2D eigenvalue weighted by atomic mass is 10.1. The van der Waals surface area contributed by atoms with Crippen molar-refractivity contribution in [2.45, 2.75) is 13.8 Å². The van der Waals surface area contributed by atoms with Crippen LogP contribution in [0.25, 0.3) is 11.3 Å². The topological polar surface area (TPSA) is 28.7 Å². The minimum absolute atomic E-state index is 0.122. The van der Waals surface area contributed by atoms with E-state index in [9.17, 15) is 8.78 Å². The SMILES string of the molecule is Cc1cc(-c2ccc(C)c(F)c2F)nc(=S)[nH]1. The largest absolute Gasteiger partial charge is 0.335 e. The fourth-order valence-electron chi connectivity index (χ4n) is 1.56. The maximum Gasteiger partial charge on any atom is 0.197 e. The number of aryl methyl sites for hydroxylation is 2. The molecule has 0 saturated carbocycles. The molecule has 17 heavy (non-hydrogen) atoms. The number of aromatic amines is 1. The first-order valence-electron chi connectivity index (χ1n) is 5.02. The van der Waals surface area contributed by atoms with Crippen LogP contribution in [0.5, 0.6) is 0 Å². The number of nitrogens with zero attached hydrogens (tertiary/aromatic N) is 1. The summed E-state index contributed by atoms with van der Waals surface area (Å²) in [6.45, 7) is 3.29. The summed E-state index contributed by atoms with van der Waals surface area (Å²) in [6.07, 6.45) is 0. The van der Waals surface area contributed by atoms with E-state index in [2.05, 4.69) is 9.97 Å². The lowest BCUT2D eigenvalue weighted by molar-refractivity contribution is 0.505. The van der Waals surface area contributed by atoms with E-state index in [0.29, 0.717) is 5.69 Å². The average molecular weight is 252 g/mol. The molecule has 2 nitrogen and oxygen atoms in total. The molecule has 0 aliphatic heterocycles. The molecule has 2 rings (SSSR count). The Kier molecular flexibility index (Phi) is 3.02. The van der Waals surface area contributed by atoms with Crippen LogP contribution in [0.1, 0.15) is 11.3 Å². The molecule has 0 aliphatic carbocycles. The van der Waals surface area contributed by atoms with Gasteiger partial charge in [0, 0.05) is 11.3 Å². The van der Waals surface area contributed by atoms with E-state index in [1.165, 1.54) is 19.1 Å². The highest BCUT2D eigenvalue weighted by atomic mass is 32.1. The number of hydrogen-bond acceptors (Lipinski definition) is 2. The Morgan fingerprint density at radius 2 is 1.88 bits per heavy atom. The van der Waals surface area contributed by atoms with Gasteiger partial charge in [-0.2, -0.15) is 0 Å². The van der Waals surface area contributed by atoms with Crippen molar-refractivity contribution in [2.75, 3.05) is 0 Å². The van der Waals surface area contributed by atoms with Gasteiger partial charge in [0.25, 0.3) is 0 Å². The summed E-state index contributed by atoms with van der Waals surface area (Å²) in [4.78, 5) is 6.80. The molecule has 0 spiro atoms. The Balaban J connectivity index is 2.69. The van der Waals surface area contributed by atoms with E-state index in [4.69, 9.17) is 12.2 Å². The molecule has 1 aromatic heterocycles. The van der Waals surface area contributed by atoms with E-state index in [1.807, 2.05) is 0 Å². The van der Waals surface area contributed by atoms with Gasteiger partial charge in [0.2, 0.25) is 0 Å². The van der Waals surface area contributed by atoms with Crippen LogP contribution >= 0.6 is 12.2 Å². The summed E-state index contributed by atoms with van der Waals surface area (Å²) in [5.74, 6) is -1.74. The molecule has 88 valence electrons. The number of benzene rings is 1. The summed E-state index contributed by atoms with van der Waals surface area (Å²) in [5, 5.41) is 0. The molecule has 0 aliphatic rings.